The van der Waals surface area contributed by atoms with E-state index in [1.165, 1.54) is 10.9 Å². The Labute approximate surface area is 148 Å². The maximum atomic E-state index is 12.4. The zero-order valence-corrected chi connectivity index (χ0v) is 15.0. The molecule has 2 heterocycles. The highest BCUT2D eigenvalue weighted by Crippen LogP contribution is 2.34. The van der Waals surface area contributed by atoms with Gasteiger partial charge in [-0.3, -0.25) is 4.79 Å². The monoisotopic (exact) mass is 342 g/mol. The lowest BCUT2D eigenvalue weighted by Gasteiger charge is -2.33. The Morgan fingerprint density at radius 2 is 2.20 bits per heavy atom. The minimum atomic E-state index is -0.410. The van der Waals surface area contributed by atoms with Gasteiger partial charge in [-0.25, -0.2) is 0 Å². The highest BCUT2D eigenvalue weighted by atomic mass is 16.5. The predicted octanol–water partition coefficient (Wildman–Crippen LogP) is 3.47. The number of piperidine rings is 1. The molecule has 2 aromatic rings. The zero-order valence-electron chi connectivity index (χ0n) is 15.0. The number of amides is 1. The summed E-state index contributed by atoms with van der Waals surface area (Å²) in [5, 5.41) is 1.21. The van der Waals surface area contributed by atoms with Crippen LogP contribution in [0.2, 0.25) is 0 Å². The molecule has 0 spiro atoms. The third kappa shape index (κ3) is 3.71. The number of hydrogen-bond acceptors (Lipinski definition) is 3. The van der Waals surface area contributed by atoms with Crippen LogP contribution in [0.3, 0.4) is 0 Å². The highest BCUT2D eigenvalue weighted by molar-refractivity contribution is 5.85. The van der Waals surface area contributed by atoms with Gasteiger partial charge in [0.05, 0.1) is 13.7 Å². The van der Waals surface area contributed by atoms with E-state index in [1.54, 1.807) is 13.2 Å². The van der Waals surface area contributed by atoms with E-state index in [-0.39, 0.29) is 5.91 Å². The molecule has 1 amide bonds. The van der Waals surface area contributed by atoms with Crippen LogP contribution in [0.15, 0.2) is 37.1 Å². The number of hydrogen-bond donors (Lipinski definition) is 1. The van der Waals surface area contributed by atoms with E-state index >= 15 is 0 Å². The minimum absolute atomic E-state index is 0.0703. The summed E-state index contributed by atoms with van der Waals surface area (Å²) in [4.78, 5) is 17.7. The molecule has 5 nitrogen and oxygen atoms in total. The Bertz CT molecular complexity index is 744. The Balaban J connectivity index is 1.66. The molecular formula is C20H26N2O3. The van der Waals surface area contributed by atoms with Crippen molar-refractivity contribution in [3.63, 3.8) is 0 Å². The minimum Gasteiger partial charge on any atom is -0.497 e. The van der Waals surface area contributed by atoms with E-state index in [1.807, 2.05) is 17.9 Å². The number of carbonyl (C=O) groups is 1. The highest BCUT2D eigenvalue weighted by Gasteiger charge is 2.28. The first-order valence-electron chi connectivity index (χ1n) is 8.80. The van der Waals surface area contributed by atoms with Crippen LogP contribution in [-0.4, -0.2) is 48.7 Å². The first kappa shape index (κ1) is 17.5. The number of nitrogens with one attached hydrogen (secondary N) is 1. The average Bonchev–Trinajstić information content (AvgIpc) is 3.08. The molecule has 0 saturated carbocycles. The number of methoxy groups -OCH3 is 1. The topological polar surface area (TPSA) is 54.6 Å². The lowest BCUT2D eigenvalue weighted by atomic mass is 9.89. The van der Waals surface area contributed by atoms with E-state index in [4.69, 9.17) is 9.47 Å². The lowest BCUT2D eigenvalue weighted by molar-refractivity contribution is -0.143. The second-order valence-corrected chi connectivity index (χ2v) is 6.52. The molecular weight excluding hydrogens is 316 g/mol. The third-order valence-corrected chi connectivity index (χ3v) is 4.98. The number of H-pyrrole nitrogens is 1. The van der Waals surface area contributed by atoms with E-state index in [0.29, 0.717) is 12.5 Å². The van der Waals surface area contributed by atoms with E-state index in [9.17, 15) is 4.79 Å². The second kappa shape index (κ2) is 7.74. The van der Waals surface area contributed by atoms with Gasteiger partial charge in [0.15, 0.2) is 0 Å². The summed E-state index contributed by atoms with van der Waals surface area (Å²) >= 11 is 0. The molecule has 134 valence electrons. The Hall–Kier alpha value is -2.27. The van der Waals surface area contributed by atoms with Crippen molar-refractivity contribution in [1.29, 1.82) is 0 Å². The van der Waals surface area contributed by atoms with Crippen molar-refractivity contribution in [3.05, 3.63) is 42.6 Å². The number of aromatic nitrogens is 1. The normalized spacial score (nSPS) is 16.8. The van der Waals surface area contributed by atoms with Crippen molar-refractivity contribution in [2.75, 3.05) is 26.8 Å². The number of rotatable bonds is 6. The summed E-state index contributed by atoms with van der Waals surface area (Å²) in [5.41, 5.74) is 2.44. The average molecular weight is 342 g/mol. The maximum Gasteiger partial charge on any atom is 0.251 e. The summed E-state index contributed by atoms with van der Waals surface area (Å²) < 4.78 is 10.8. The Morgan fingerprint density at radius 3 is 2.88 bits per heavy atom. The quantitative estimate of drug-likeness (QED) is 0.818. The van der Waals surface area contributed by atoms with Crippen molar-refractivity contribution in [2.24, 2.45) is 0 Å². The molecule has 0 bridgehead atoms. The van der Waals surface area contributed by atoms with Crippen LogP contribution in [0.4, 0.5) is 0 Å². The van der Waals surface area contributed by atoms with Gasteiger partial charge in [0.1, 0.15) is 11.9 Å². The van der Waals surface area contributed by atoms with Crippen LogP contribution < -0.4 is 4.74 Å². The number of likely N-dealkylation sites (tertiary alicyclic amines) is 1. The molecule has 1 fully saturated rings. The van der Waals surface area contributed by atoms with Gasteiger partial charge in [0, 0.05) is 30.2 Å². The van der Waals surface area contributed by atoms with Gasteiger partial charge in [-0.15, -0.1) is 6.58 Å². The molecule has 0 aliphatic carbocycles. The summed E-state index contributed by atoms with van der Waals surface area (Å²) in [7, 11) is 1.69. The summed E-state index contributed by atoms with van der Waals surface area (Å²) in [6.45, 7) is 7.36. The lowest BCUT2D eigenvalue weighted by Crippen LogP contribution is -2.43. The van der Waals surface area contributed by atoms with E-state index in [0.717, 1.165) is 37.2 Å². The third-order valence-electron chi connectivity index (χ3n) is 4.98. The smallest absolute Gasteiger partial charge is 0.251 e. The molecule has 1 atom stereocenters. The van der Waals surface area contributed by atoms with E-state index < -0.39 is 6.10 Å². The van der Waals surface area contributed by atoms with Crippen molar-refractivity contribution in [2.45, 2.75) is 31.8 Å². The molecule has 1 aliphatic heterocycles. The molecule has 0 radical (unpaired) electrons. The van der Waals surface area contributed by atoms with Crippen molar-refractivity contribution in [1.82, 2.24) is 9.88 Å². The van der Waals surface area contributed by atoms with Gasteiger partial charge >= 0.3 is 0 Å². The van der Waals surface area contributed by atoms with Crippen molar-refractivity contribution >= 4 is 16.8 Å². The van der Waals surface area contributed by atoms with Crippen LogP contribution in [0.25, 0.3) is 10.9 Å². The number of ether oxygens (including phenoxy) is 2. The van der Waals surface area contributed by atoms with Gasteiger partial charge in [0.25, 0.3) is 5.91 Å². The second-order valence-electron chi connectivity index (χ2n) is 6.52. The Morgan fingerprint density at radius 1 is 1.44 bits per heavy atom. The number of nitrogens with zero attached hydrogens (tertiary/aromatic N) is 1. The molecule has 1 saturated heterocycles. The zero-order chi connectivity index (χ0) is 17.8. The summed E-state index contributed by atoms with van der Waals surface area (Å²) in [6.07, 6.45) is 5.28. The molecule has 1 aliphatic rings. The van der Waals surface area contributed by atoms with Crippen LogP contribution in [0.5, 0.6) is 5.75 Å². The number of aromatic amines is 1. The van der Waals surface area contributed by atoms with Crippen LogP contribution in [0, 0.1) is 0 Å². The fourth-order valence-corrected chi connectivity index (χ4v) is 3.54. The molecule has 1 aromatic heterocycles. The summed E-state index contributed by atoms with van der Waals surface area (Å²) in [5.74, 6) is 1.39. The van der Waals surface area contributed by atoms with Crippen molar-refractivity contribution < 1.29 is 14.3 Å². The SMILES string of the molecule is C=CCO[C@H](C)C(=O)N1CCC(c2c[nH]c3ccc(OC)cc23)CC1. The van der Waals surface area contributed by atoms with Crippen molar-refractivity contribution in [3.8, 4) is 5.75 Å². The van der Waals surface area contributed by atoms with Gasteiger partial charge < -0.3 is 19.4 Å². The van der Waals surface area contributed by atoms with Crippen LogP contribution in [0.1, 0.15) is 31.2 Å². The summed E-state index contributed by atoms with van der Waals surface area (Å²) in [6, 6.07) is 6.10. The van der Waals surface area contributed by atoms with Crippen LogP contribution >= 0.6 is 0 Å². The fraction of sp³-hybridized carbons (Fsp3) is 0.450. The standard InChI is InChI=1S/C20H26N2O3/c1-4-11-25-14(2)20(23)22-9-7-15(8-10-22)18-13-21-19-6-5-16(24-3)12-17(18)19/h4-6,12-15,21H,1,7-11H2,2-3H3/t14-/m1/s1. The number of benzene rings is 1. The van der Waals surface area contributed by atoms with Gasteiger partial charge in [0.2, 0.25) is 0 Å². The molecule has 25 heavy (non-hydrogen) atoms. The first-order valence-corrected chi connectivity index (χ1v) is 8.80. The number of fused-ring (bicyclic) bond motifs is 1. The molecule has 1 N–H and O–H groups in total. The van der Waals surface area contributed by atoms with Gasteiger partial charge in [-0.2, -0.15) is 0 Å². The molecule has 1 aromatic carbocycles. The predicted molar refractivity (Wildman–Crippen MR) is 99.0 cm³/mol. The molecule has 5 heteroatoms. The fourth-order valence-electron chi connectivity index (χ4n) is 3.54. The largest absolute Gasteiger partial charge is 0.497 e. The van der Waals surface area contributed by atoms with E-state index in [2.05, 4.69) is 29.9 Å². The maximum absolute atomic E-state index is 12.4. The Kier molecular flexibility index (Phi) is 5.43. The van der Waals surface area contributed by atoms with Crippen LogP contribution in [-0.2, 0) is 9.53 Å². The van der Waals surface area contributed by atoms with Gasteiger partial charge in [-0.05, 0) is 49.4 Å². The first-order chi connectivity index (χ1) is 12.1. The molecule has 3 rings (SSSR count). The number of carbonyl (C=O) groups excluding carboxylic acids is 1. The molecule has 0 unspecified atom stereocenters. The van der Waals surface area contributed by atoms with Gasteiger partial charge in [-0.1, -0.05) is 6.08 Å².